The summed E-state index contributed by atoms with van der Waals surface area (Å²) in [4.78, 5) is 10.1. The van der Waals surface area contributed by atoms with Gasteiger partial charge in [0.25, 0.3) is 0 Å². The van der Waals surface area contributed by atoms with Gasteiger partial charge in [0.2, 0.25) is 0 Å². The second-order valence-electron chi connectivity index (χ2n) is 2.98. The average molecular weight is 230 g/mol. The van der Waals surface area contributed by atoms with Crippen molar-refractivity contribution in [3.8, 4) is 0 Å². The number of rotatable bonds is 6. The predicted octanol–water partition coefficient (Wildman–Crippen LogP) is 1.99. The van der Waals surface area contributed by atoms with Crippen LogP contribution in [0.1, 0.15) is 13.8 Å². The highest BCUT2D eigenvalue weighted by Gasteiger charge is 2.05. The highest BCUT2D eigenvalue weighted by molar-refractivity contribution is 6.29. The molecule has 1 aromatic rings. The average Bonchev–Trinajstić information content (AvgIpc) is 2.24. The molecule has 0 fully saturated rings. The van der Waals surface area contributed by atoms with E-state index in [-0.39, 0.29) is 0 Å². The summed E-state index contributed by atoms with van der Waals surface area (Å²) in [5.74, 6) is 0.845. The molecule has 84 valence electrons. The van der Waals surface area contributed by atoms with E-state index in [0.29, 0.717) is 11.8 Å². The molecule has 0 aliphatic rings. The van der Waals surface area contributed by atoms with E-state index in [2.05, 4.69) is 21.8 Å². The molecule has 0 aliphatic carbocycles. The van der Waals surface area contributed by atoms with Gasteiger partial charge in [-0.2, -0.15) is 0 Å². The lowest BCUT2D eigenvalue weighted by atomic mass is 10.4. The largest absolute Gasteiger partial charge is 0.380 e. The van der Waals surface area contributed by atoms with Crippen molar-refractivity contribution in [3.05, 3.63) is 17.5 Å². The molecule has 15 heavy (non-hydrogen) atoms. The summed E-state index contributed by atoms with van der Waals surface area (Å²) < 4.78 is 5.30. The van der Waals surface area contributed by atoms with Crippen LogP contribution in [0.25, 0.3) is 0 Å². The van der Waals surface area contributed by atoms with Gasteiger partial charge in [0.15, 0.2) is 0 Å². The Labute approximate surface area is 95.2 Å². The Morgan fingerprint density at radius 3 is 2.80 bits per heavy atom. The van der Waals surface area contributed by atoms with Gasteiger partial charge in [0, 0.05) is 25.8 Å². The molecule has 0 N–H and O–H groups in total. The third kappa shape index (κ3) is 4.01. The van der Waals surface area contributed by atoms with Crippen LogP contribution in [0.4, 0.5) is 5.82 Å². The van der Waals surface area contributed by atoms with Crippen molar-refractivity contribution < 1.29 is 4.74 Å². The van der Waals surface area contributed by atoms with E-state index in [9.17, 15) is 0 Å². The summed E-state index contributed by atoms with van der Waals surface area (Å²) in [6.45, 7) is 7.19. The molecule has 0 saturated heterocycles. The molecule has 0 radical (unpaired) electrons. The first kappa shape index (κ1) is 12.2. The van der Waals surface area contributed by atoms with E-state index in [1.165, 1.54) is 6.33 Å². The van der Waals surface area contributed by atoms with Gasteiger partial charge in [0.05, 0.1) is 6.61 Å². The van der Waals surface area contributed by atoms with Crippen LogP contribution in [-0.4, -0.2) is 36.3 Å². The third-order valence-corrected chi connectivity index (χ3v) is 2.24. The number of aromatic nitrogens is 2. The standard InChI is InChI=1S/C10H16ClN3O/c1-3-14(5-6-15-4-2)10-7-9(11)12-8-13-10/h7-8H,3-6H2,1-2H3. The summed E-state index contributed by atoms with van der Waals surface area (Å²) in [5.41, 5.74) is 0. The van der Waals surface area contributed by atoms with Crippen LogP contribution in [0.3, 0.4) is 0 Å². The highest BCUT2D eigenvalue weighted by atomic mass is 35.5. The van der Waals surface area contributed by atoms with E-state index in [0.717, 1.165) is 25.5 Å². The van der Waals surface area contributed by atoms with Crippen LogP contribution in [0.15, 0.2) is 12.4 Å². The smallest absolute Gasteiger partial charge is 0.134 e. The zero-order valence-corrected chi connectivity index (χ0v) is 9.87. The Morgan fingerprint density at radius 1 is 1.40 bits per heavy atom. The molecule has 1 heterocycles. The van der Waals surface area contributed by atoms with Crippen LogP contribution in [0, 0.1) is 0 Å². The molecule has 5 heteroatoms. The van der Waals surface area contributed by atoms with Crippen molar-refractivity contribution in [1.82, 2.24) is 9.97 Å². The minimum atomic E-state index is 0.467. The number of hydrogen-bond donors (Lipinski definition) is 0. The van der Waals surface area contributed by atoms with Gasteiger partial charge in [-0.3, -0.25) is 0 Å². The molecule has 0 saturated carbocycles. The highest BCUT2D eigenvalue weighted by Crippen LogP contribution is 2.13. The molecule has 1 aromatic heterocycles. The fraction of sp³-hybridized carbons (Fsp3) is 0.600. The van der Waals surface area contributed by atoms with Gasteiger partial charge >= 0.3 is 0 Å². The van der Waals surface area contributed by atoms with Crippen molar-refractivity contribution >= 4 is 17.4 Å². The molecule has 0 spiro atoms. The molecule has 0 amide bonds. The van der Waals surface area contributed by atoms with Crippen LogP contribution in [0.5, 0.6) is 0 Å². The maximum atomic E-state index is 5.80. The maximum Gasteiger partial charge on any atom is 0.134 e. The Balaban J connectivity index is 2.57. The summed E-state index contributed by atoms with van der Waals surface area (Å²) in [6.07, 6.45) is 1.47. The van der Waals surface area contributed by atoms with Crippen molar-refractivity contribution in [3.63, 3.8) is 0 Å². The van der Waals surface area contributed by atoms with E-state index in [4.69, 9.17) is 16.3 Å². The number of ether oxygens (including phenoxy) is 1. The molecule has 0 unspecified atom stereocenters. The summed E-state index contributed by atoms with van der Waals surface area (Å²) >= 11 is 5.80. The van der Waals surface area contributed by atoms with Crippen LogP contribution < -0.4 is 4.90 Å². The van der Waals surface area contributed by atoms with Crippen molar-refractivity contribution in [2.45, 2.75) is 13.8 Å². The lowest BCUT2D eigenvalue weighted by Gasteiger charge is -2.21. The lowest BCUT2D eigenvalue weighted by Crippen LogP contribution is -2.28. The molecule has 0 atom stereocenters. The molecule has 4 nitrogen and oxygen atoms in total. The maximum absolute atomic E-state index is 5.80. The quantitative estimate of drug-likeness (QED) is 0.553. The second-order valence-corrected chi connectivity index (χ2v) is 3.36. The third-order valence-electron chi connectivity index (χ3n) is 2.03. The second kappa shape index (κ2) is 6.58. The lowest BCUT2D eigenvalue weighted by molar-refractivity contribution is 0.154. The van der Waals surface area contributed by atoms with E-state index < -0.39 is 0 Å². The number of halogens is 1. The van der Waals surface area contributed by atoms with E-state index >= 15 is 0 Å². The molecular formula is C10H16ClN3O. The van der Waals surface area contributed by atoms with Crippen molar-refractivity contribution in [2.24, 2.45) is 0 Å². The summed E-state index contributed by atoms with van der Waals surface area (Å²) in [5, 5.41) is 0.467. The molecule has 0 bridgehead atoms. The topological polar surface area (TPSA) is 38.2 Å². The summed E-state index contributed by atoms with van der Waals surface area (Å²) in [7, 11) is 0. The van der Waals surface area contributed by atoms with Crippen molar-refractivity contribution in [1.29, 1.82) is 0 Å². The zero-order chi connectivity index (χ0) is 11.1. The first-order valence-corrected chi connectivity index (χ1v) is 5.46. The van der Waals surface area contributed by atoms with Gasteiger partial charge < -0.3 is 9.64 Å². The normalized spacial score (nSPS) is 10.3. The summed E-state index contributed by atoms with van der Waals surface area (Å²) in [6, 6.07) is 1.76. The Bertz CT molecular complexity index is 296. The first-order valence-electron chi connectivity index (χ1n) is 5.08. The number of likely N-dealkylation sites (N-methyl/N-ethyl adjacent to an activating group) is 1. The van der Waals surface area contributed by atoms with Gasteiger partial charge in [-0.05, 0) is 13.8 Å². The SMILES string of the molecule is CCOCCN(CC)c1cc(Cl)ncn1. The minimum Gasteiger partial charge on any atom is -0.380 e. The number of hydrogen-bond acceptors (Lipinski definition) is 4. The van der Waals surface area contributed by atoms with Gasteiger partial charge in [-0.25, -0.2) is 9.97 Å². The fourth-order valence-electron chi connectivity index (χ4n) is 1.25. The zero-order valence-electron chi connectivity index (χ0n) is 9.11. The molecular weight excluding hydrogens is 214 g/mol. The minimum absolute atomic E-state index is 0.467. The van der Waals surface area contributed by atoms with Gasteiger partial charge in [0.1, 0.15) is 17.3 Å². The predicted molar refractivity (Wildman–Crippen MR) is 61.4 cm³/mol. The monoisotopic (exact) mass is 229 g/mol. The van der Waals surface area contributed by atoms with Crippen molar-refractivity contribution in [2.75, 3.05) is 31.2 Å². The van der Waals surface area contributed by atoms with E-state index in [1.807, 2.05) is 6.92 Å². The number of nitrogens with zero attached hydrogens (tertiary/aromatic N) is 3. The van der Waals surface area contributed by atoms with Gasteiger partial charge in [-0.15, -0.1) is 0 Å². The number of anilines is 1. The Kier molecular flexibility index (Phi) is 5.36. The van der Waals surface area contributed by atoms with E-state index in [1.54, 1.807) is 6.07 Å². The molecule has 1 rings (SSSR count). The molecule has 0 aliphatic heterocycles. The van der Waals surface area contributed by atoms with Crippen LogP contribution >= 0.6 is 11.6 Å². The first-order chi connectivity index (χ1) is 7.27. The van der Waals surface area contributed by atoms with Crippen LogP contribution in [0.2, 0.25) is 5.15 Å². The van der Waals surface area contributed by atoms with Gasteiger partial charge in [-0.1, -0.05) is 11.6 Å². The Morgan fingerprint density at radius 2 is 2.20 bits per heavy atom. The van der Waals surface area contributed by atoms with Crippen LogP contribution in [-0.2, 0) is 4.74 Å². The Hall–Kier alpha value is -0.870. The molecule has 0 aromatic carbocycles. The fourth-order valence-corrected chi connectivity index (χ4v) is 1.39.